The first-order chi connectivity index (χ1) is 12.7. The predicted octanol–water partition coefficient (Wildman–Crippen LogP) is 5.05. The first-order valence-corrected chi connectivity index (χ1v) is 9.51. The third kappa shape index (κ3) is 2.31. The van der Waals surface area contributed by atoms with Crippen molar-refractivity contribution < 1.29 is 0 Å². The lowest BCUT2D eigenvalue weighted by molar-refractivity contribution is 0.686. The molecule has 2 aromatic heterocycles. The van der Waals surface area contributed by atoms with Gasteiger partial charge in [-0.15, -0.1) is 0 Å². The van der Waals surface area contributed by atoms with Gasteiger partial charge in [0.2, 0.25) is 0 Å². The highest BCUT2D eigenvalue weighted by Gasteiger charge is 2.13. The Morgan fingerprint density at radius 1 is 1.00 bits per heavy atom. The zero-order valence-electron chi connectivity index (χ0n) is 15.0. The fourth-order valence-electron chi connectivity index (χ4n) is 4.36. The van der Waals surface area contributed by atoms with E-state index < -0.39 is 0 Å². The summed E-state index contributed by atoms with van der Waals surface area (Å²) in [5.41, 5.74) is 7.03. The van der Waals surface area contributed by atoms with Gasteiger partial charge in [-0.2, -0.15) is 0 Å². The number of pyridine rings is 1. The van der Waals surface area contributed by atoms with E-state index >= 15 is 0 Å². The van der Waals surface area contributed by atoms with E-state index in [1.807, 2.05) is 6.07 Å². The van der Waals surface area contributed by atoms with Crippen LogP contribution in [0.1, 0.15) is 30.9 Å². The number of aromatic nitrogens is 2. The summed E-state index contributed by atoms with van der Waals surface area (Å²) in [6.07, 6.45) is 6.92. The van der Waals surface area contributed by atoms with Crippen LogP contribution in [0.2, 0.25) is 0 Å². The van der Waals surface area contributed by atoms with E-state index in [4.69, 9.17) is 0 Å². The van der Waals surface area contributed by atoms with E-state index in [1.165, 1.54) is 30.4 Å². The molecule has 0 saturated carbocycles. The molecule has 26 heavy (non-hydrogen) atoms. The Bertz CT molecular complexity index is 1200. The molecule has 0 bridgehead atoms. The lowest BCUT2D eigenvalue weighted by Gasteiger charge is -2.16. The number of nitrogens with one attached hydrogen (secondary N) is 1. The predicted molar refractivity (Wildman–Crippen MR) is 108 cm³/mol. The fourth-order valence-corrected chi connectivity index (χ4v) is 4.36. The molecule has 5 rings (SSSR count). The molecule has 2 heterocycles. The molecule has 130 valence electrons. The van der Waals surface area contributed by atoms with Crippen LogP contribution in [-0.4, -0.2) is 9.55 Å². The smallest absolute Gasteiger partial charge is 0.190 e. The lowest BCUT2D eigenvalue weighted by Crippen LogP contribution is -2.05. The van der Waals surface area contributed by atoms with E-state index in [2.05, 4.69) is 53.0 Å². The number of hydrogen-bond donors (Lipinski definition) is 1. The van der Waals surface area contributed by atoms with Gasteiger partial charge in [-0.3, -0.25) is 4.79 Å². The van der Waals surface area contributed by atoms with Crippen LogP contribution in [0.25, 0.3) is 33.1 Å². The first-order valence-electron chi connectivity index (χ1n) is 9.51. The highest BCUT2D eigenvalue weighted by Crippen LogP contribution is 2.28. The molecule has 0 amide bonds. The van der Waals surface area contributed by atoms with Gasteiger partial charge >= 0.3 is 0 Å². The number of benzene rings is 2. The number of fused-ring (bicyclic) bond motifs is 4. The Labute approximate surface area is 152 Å². The highest BCUT2D eigenvalue weighted by molar-refractivity contribution is 6.05. The molecule has 2 aromatic carbocycles. The molecule has 0 saturated heterocycles. The maximum absolute atomic E-state index is 12.9. The normalized spacial score (nSPS) is 14.0. The van der Waals surface area contributed by atoms with E-state index in [0.29, 0.717) is 0 Å². The highest BCUT2D eigenvalue weighted by atomic mass is 16.1. The second-order valence-electron chi connectivity index (χ2n) is 7.26. The van der Waals surface area contributed by atoms with E-state index in [-0.39, 0.29) is 5.43 Å². The van der Waals surface area contributed by atoms with Gasteiger partial charge < -0.3 is 9.55 Å². The van der Waals surface area contributed by atoms with Gasteiger partial charge in [-0.25, -0.2) is 0 Å². The van der Waals surface area contributed by atoms with E-state index in [9.17, 15) is 4.79 Å². The second-order valence-corrected chi connectivity index (χ2v) is 7.26. The summed E-state index contributed by atoms with van der Waals surface area (Å²) in [6.45, 7) is 3.02. The van der Waals surface area contributed by atoms with Crippen molar-refractivity contribution in [2.24, 2.45) is 0 Å². The van der Waals surface area contributed by atoms with E-state index in [1.54, 1.807) is 6.07 Å². The number of nitrogens with zero attached hydrogens (tertiary/aromatic N) is 1. The van der Waals surface area contributed by atoms with Crippen LogP contribution < -0.4 is 5.43 Å². The van der Waals surface area contributed by atoms with E-state index in [0.717, 1.165) is 46.0 Å². The Hall–Kier alpha value is -2.81. The fraction of sp³-hybridized carbons (Fsp3) is 0.261. The van der Waals surface area contributed by atoms with Gasteiger partial charge in [-0.1, -0.05) is 12.1 Å². The van der Waals surface area contributed by atoms with Gasteiger partial charge in [-0.05, 0) is 73.6 Å². The van der Waals surface area contributed by atoms with Gasteiger partial charge in [0.25, 0.3) is 0 Å². The SMILES string of the molecule is CCn1ccc2c3c(=O)cc(-c4ccc5c(c4)CCCC5)[nH]c3ccc21. The van der Waals surface area contributed by atoms with Gasteiger partial charge in [0.15, 0.2) is 5.43 Å². The topological polar surface area (TPSA) is 37.8 Å². The molecule has 1 N–H and O–H groups in total. The van der Waals surface area contributed by atoms with Crippen molar-refractivity contribution in [3.63, 3.8) is 0 Å². The van der Waals surface area contributed by atoms with Crippen molar-refractivity contribution in [2.45, 2.75) is 39.2 Å². The van der Waals surface area contributed by atoms with Crippen molar-refractivity contribution in [1.29, 1.82) is 0 Å². The number of hydrogen-bond acceptors (Lipinski definition) is 1. The Morgan fingerprint density at radius 2 is 1.85 bits per heavy atom. The molecule has 1 aliphatic carbocycles. The quantitative estimate of drug-likeness (QED) is 0.544. The van der Waals surface area contributed by atoms with Crippen molar-refractivity contribution in [2.75, 3.05) is 0 Å². The Kier molecular flexibility index (Phi) is 3.49. The van der Waals surface area contributed by atoms with Crippen molar-refractivity contribution >= 4 is 21.8 Å². The third-order valence-corrected chi connectivity index (χ3v) is 5.74. The summed E-state index contributed by atoms with van der Waals surface area (Å²) in [5, 5.41) is 1.82. The summed E-state index contributed by atoms with van der Waals surface area (Å²) >= 11 is 0. The maximum Gasteiger partial charge on any atom is 0.190 e. The summed E-state index contributed by atoms with van der Waals surface area (Å²) in [7, 11) is 0. The van der Waals surface area contributed by atoms with Crippen molar-refractivity contribution in [3.05, 3.63) is 70.0 Å². The van der Waals surface area contributed by atoms with Crippen LogP contribution in [0.15, 0.2) is 53.5 Å². The van der Waals surface area contributed by atoms with Crippen LogP contribution in [0.5, 0.6) is 0 Å². The minimum Gasteiger partial charge on any atom is -0.354 e. The number of aryl methyl sites for hydroxylation is 3. The average Bonchev–Trinajstić information content (AvgIpc) is 3.10. The van der Waals surface area contributed by atoms with Gasteiger partial charge in [0.1, 0.15) is 0 Å². The van der Waals surface area contributed by atoms with Gasteiger partial charge in [0, 0.05) is 35.4 Å². The van der Waals surface area contributed by atoms with Crippen LogP contribution >= 0.6 is 0 Å². The molecular weight excluding hydrogens is 320 g/mol. The minimum absolute atomic E-state index is 0.0888. The number of aromatic amines is 1. The largest absolute Gasteiger partial charge is 0.354 e. The van der Waals surface area contributed by atoms with Gasteiger partial charge in [0.05, 0.1) is 10.9 Å². The average molecular weight is 342 g/mol. The molecular formula is C23H22N2O. The Balaban J connectivity index is 1.71. The monoisotopic (exact) mass is 342 g/mol. The molecule has 3 heteroatoms. The van der Waals surface area contributed by atoms with Crippen molar-refractivity contribution in [3.8, 4) is 11.3 Å². The number of H-pyrrole nitrogens is 1. The third-order valence-electron chi connectivity index (χ3n) is 5.74. The maximum atomic E-state index is 12.9. The minimum atomic E-state index is 0.0888. The van der Waals surface area contributed by atoms with Crippen LogP contribution in [0.3, 0.4) is 0 Å². The summed E-state index contributed by atoms with van der Waals surface area (Å²) in [5.74, 6) is 0. The second kappa shape index (κ2) is 5.87. The first kappa shape index (κ1) is 15.4. The Morgan fingerprint density at radius 3 is 2.69 bits per heavy atom. The molecule has 3 nitrogen and oxygen atoms in total. The number of rotatable bonds is 2. The lowest BCUT2D eigenvalue weighted by atomic mass is 9.90. The molecule has 0 unspecified atom stereocenters. The molecule has 0 spiro atoms. The zero-order chi connectivity index (χ0) is 17.7. The zero-order valence-corrected chi connectivity index (χ0v) is 15.0. The molecule has 0 atom stereocenters. The molecule has 0 aliphatic heterocycles. The van der Waals surface area contributed by atoms with Crippen molar-refractivity contribution in [1.82, 2.24) is 9.55 Å². The van der Waals surface area contributed by atoms with Crippen LogP contribution in [0, 0.1) is 0 Å². The summed E-state index contributed by atoms with van der Waals surface area (Å²) in [6, 6.07) is 14.6. The standard InChI is InChI=1S/C23H22N2O/c1-2-25-12-11-18-21(25)10-9-19-23(18)22(26)14-20(24-19)17-8-7-15-5-3-4-6-16(15)13-17/h7-14H,2-6H2,1H3,(H,24,26). The molecule has 1 aliphatic rings. The summed E-state index contributed by atoms with van der Waals surface area (Å²) in [4.78, 5) is 16.4. The molecule has 0 fully saturated rings. The molecule has 4 aromatic rings. The summed E-state index contributed by atoms with van der Waals surface area (Å²) < 4.78 is 2.17. The van der Waals surface area contributed by atoms with Crippen LogP contribution in [-0.2, 0) is 19.4 Å². The van der Waals surface area contributed by atoms with Crippen LogP contribution in [0.4, 0.5) is 0 Å². The molecule has 0 radical (unpaired) electrons.